The third-order valence-corrected chi connectivity index (χ3v) is 5.39. The molecule has 0 spiro atoms. The van der Waals surface area contributed by atoms with Gasteiger partial charge in [0.05, 0.1) is 23.8 Å². The minimum atomic E-state index is -1.40. The summed E-state index contributed by atoms with van der Waals surface area (Å²) in [6.45, 7) is 1.35. The van der Waals surface area contributed by atoms with Gasteiger partial charge in [-0.1, -0.05) is 31.9 Å². The lowest BCUT2D eigenvalue weighted by Gasteiger charge is -2.27. The van der Waals surface area contributed by atoms with Crippen molar-refractivity contribution in [3.63, 3.8) is 0 Å². The zero-order chi connectivity index (χ0) is 24.2. The number of nitrogens with one attached hydrogen (secondary N) is 2. The van der Waals surface area contributed by atoms with E-state index in [1.54, 1.807) is 0 Å². The largest absolute Gasteiger partial charge is 0.494 e. The molecule has 2 N–H and O–H groups in total. The highest BCUT2D eigenvalue weighted by Gasteiger charge is 2.52. The van der Waals surface area contributed by atoms with Crippen molar-refractivity contribution in [1.29, 1.82) is 0 Å². The van der Waals surface area contributed by atoms with Gasteiger partial charge in [-0.15, -0.1) is 0 Å². The monoisotopic (exact) mass is 458 g/mol. The Morgan fingerprint density at radius 3 is 2.55 bits per heavy atom. The van der Waals surface area contributed by atoms with Crippen LogP contribution in [0.3, 0.4) is 0 Å². The van der Waals surface area contributed by atoms with Crippen LogP contribution in [0.15, 0.2) is 42.5 Å². The first kappa shape index (κ1) is 23.6. The minimum Gasteiger partial charge on any atom is -0.494 e. The quantitative estimate of drug-likeness (QED) is 0.337. The second kappa shape index (κ2) is 9.63. The number of nitrogens with zero attached hydrogens (tertiary/aromatic N) is 2. The molecule has 1 unspecified atom stereocenters. The molecule has 1 aliphatic heterocycles. The predicted octanol–water partition coefficient (Wildman–Crippen LogP) is 3.32. The van der Waals surface area contributed by atoms with Crippen LogP contribution < -0.4 is 15.4 Å². The zero-order valence-electron chi connectivity index (χ0n) is 18.1. The zero-order valence-corrected chi connectivity index (χ0v) is 18.1. The lowest BCUT2D eigenvalue weighted by atomic mass is 9.85. The number of amides is 4. The highest BCUT2D eigenvalue weighted by atomic mass is 19.1. The SMILES string of the molecule is CCCCC1(c2ccc(F)cc2)NC(=O)N(CC(=O)Nc2ccc([N+](=O)[O-])cc2OC)C1=O. The number of hydrogen-bond donors (Lipinski definition) is 2. The molecule has 1 atom stereocenters. The summed E-state index contributed by atoms with van der Waals surface area (Å²) in [4.78, 5) is 49.8. The van der Waals surface area contributed by atoms with E-state index in [1.807, 2.05) is 6.92 Å². The number of halogens is 1. The Labute approximate surface area is 188 Å². The van der Waals surface area contributed by atoms with Gasteiger partial charge in [0.1, 0.15) is 23.7 Å². The maximum Gasteiger partial charge on any atom is 0.325 e. The Morgan fingerprint density at radius 2 is 1.94 bits per heavy atom. The lowest BCUT2D eigenvalue weighted by Crippen LogP contribution is -2.44. The molecule has 0 aliphatic carbocycles. The number of rotatable bonds is 9. The van der Waals surface area contributed by atoms with E-state index in [4.69, 9.17) is 4.74 Å². The van der Waals surface area contributed by atoms with Crippen molar-refractivity contribution in [2.75, 3.05) is 19.0 Å². The van der Waals surface area contributed by atoms with E-state index >= 15 is 0 Å². The van der Waals surface area contributed by atoms with Crippen molar-refractivity contribution in [2.24, 2.45) is 0 Å². The summed E-state index contributed by atoms with van der Waals surface area (Å²) in [6, 6.07) is 8.18. The van der Waals surface area contributed by atoms with Crippen molar-refractivity contribution in [3.8, 4) is 5.75 Å². The molecule has 11 heteroatoms. The second-order valence-corrected chi connectivity index (χ2v) is 7.53. The molecule has 1 heterocycles. The number of methoxy groups -OCH3 is 1. The molecule has 10 nitrogen and oxygen atoms in total. The van der Waals surface area contributed by atoms with E-state index in [-0.39, 0.29) is 23.5 Å². The Kier molecular flexibility index (Phi) is 6.90. The molecule has 33 heavy (non-hydrogen) atoms. The van der Waals surface area contributed by atoms with E-state index in [0.717, 1.165) is 17.4 Å². The number of anilines is 1. The summed E-state index contributed by atoms with van der Waals surface area (Å²) in [6.07, 6.45) is 1.66. The van der Waals surface area contributed by atoms with Crippen LogP contribution in [-0.2, 0) is 15.1 Å². The Hall–Kier alpha value is -4.02. The summed E-state index contributed by atoms with van der Waals surface area (Å²) in [5.74, 6) is -1.73. The normalized spacial score (nSPS) is 17.6. The number of carbonyl (C=O) groups excluding carboxylic acids is 3. The predicted molar refractivity (Wildman–Crippen MR) is 116 cm³/mol. The number of nitro benzene ring substituents is 1. The average molecular weight is 458 g/mol. The molecule has 2 aromatic rings. The third kappa shape index (κ3) is 4.76. The van der Waals surface area contributed by atoms with Gasteiger partial charge < -0.3 is 15.4 Å². The molecule has 0 radical (unpaired) electrons. The number of ether oxygens (including phenoxy) is 1. The van der Waals surface area contributed by atoms with Crippen molar-refractivity contribution in [3.05, 3.63) is 64.0 Å². The standard InChI is InChI=1S/C22H23FN4O6/c1-3-4-11-22(14-5-7-15(23)8-6-14)20(29)26(21(30)25-22)13-19(28)24-17-10-9-16(27(31)32)12-18(17)33-2/h5-10,12H,3-4,11,13H2,1-2H3,(H,24,28)(H,25,30). The van der Waals surface area contributed by atoms with Crippen LogP contribution in [0.5, 0.6) is 5.75 Å². The maximum absolute atomic E-state index is 13.4. The van der Waals surface area contributed by atoms with Crippen LogP contribution in [-0.4, -0.2) is 41.3 Å². The van der Waals surface area contributed by atoms with Gasteiger partial charge >= 0.3 is 6.03 Å². The van der Waals surface area contributed by atoms with Crippen LogP contribution in [0.4, 0.5) is 20.6 Å². The average Bonchev–Trinajstić information content (AvgIpc) is 3.03. The highest BCUT2D eigenvalue weighted by molar-refractivity contribution is 6.10. The Bertz CT molecular complexity index is 1090. The number of imide groups is 1. The number of unbranched alkanes of at least 4 members (excludes halogenated alkanes) is 1. The summed E-state index contributed by atoms with van der Waals surface area (Å²) in [7, 11) is 1.29. The van der Waals surface area contributed by atoms with Gasteiger partial charge in [-0.25, -0.2) is 9.18 Å². The first-order valence-corrected chi connectivity index (χ1v) is 10.2. The molecule has 4 amide bonds. The van der Waals surface area contributed by atoms with E-state index in [9.17, 15) is 28.9 Å². The fourth-order valence-corrected chi connectivity index (χ4v) is 3.69. The third-order valence-electron chi connectivity index (χ3n) is 5.39. The number of urea groups is 1. The highest BCUT2D eigenvalue weighted by Crippen LogP contribution is 2.34. The topological polar surface area (TPSA) is 131 Å². The summed E-state index contributed by atoms with van der Waals surface area (Å²) >= 11 is 0. The molecule has 0 saturated carbocycles. The van der Waals surface area contributed by atoms with Crippen LogP contribution in [0.1, 0.15) is 31.7 Å². The number of non-ortho nitro benzene ring substituents is 1. The Balaban J connectivity index is 1.82. The minimum absolute atomic E-state index is 0.0540. The van der Waals surface area contributed by atoms with Gasteiger partial charge in [0.2, 0.25) is 5.91 Å². The van der Waals surface area contributed by atoms with Gasteiger partial charge in [-0.05, 0) is 30.2 Å². The molecule has 2 aromatic carbocycles. The fraction of sp³-hybridized carbons (Fsp3) is 0.318. The molecule has 0 bridgehead atoms. The fourth-order valence-electron chi connectivity index (χ4n) is 3.69. The first-order valence-electron chi connectivity index (χ1n) is 10.2. The van der Waals surface area contributed by atoms with Gasteiger partial charge in [-0.2, -0.15) is 0 Å². The van der Waals surface area contributed by atoms with Crippen LogP contribution in [0.25, 0.3) is 0 Å². The second-order valence-electron chi connectivity index (χ2n) is 7.53. The number of carbonyl (C=O) groups is 3. The first-order chi connectivity index (χ1) is 15.7. The van der Waals surface area contributed by atoms with Crippen molar-refractivity contribution < 1.29 is 28.4 Å². The van der Waals surface area contributed by atoms with Gasteiger partial charge in [-0.3, -0.25) is 24.6 Å². The van der Waals surface area contributed by atoms with Gasteiger partial charge in [0, 0.05) is 6.07 Å². The molecular formula is C22H23FN4O6. The van der Waals surface area contributed by atoms with E-state index in [2.05, 4.69) is 10.6 Å². The maximum atomic E-state index is 13.4. The van der Waals surface area contributed by atoms with Gasteiger partial charge in [0.15, 0.2) is 0 Å². The lowest BCUT2D eigenvalue weighted by molar-refractivity contribution is -0.384. The van der Waals surface area contributed by atoms with Crippen molar-refractivity contribution >= 4 is 29.2 Å². The van der Waals surface area contributed by atoms with E-state index in [1.165, 1.54) is 43.5 Å². The number of benzene rings is 2. The van der Waals surface area contributed by atoms with Crippen LogP contribution in [0.2, 0.25) is 0 Å². The van der Waals surface area contributed by atoms with Gasteiger partial charge in [0.25, 0.3) is 11.6 Å². The molecule has 0 aromatic heterocycles. The Morgan fingerprint density at radius 1 is 1.24 bits per heavy atom. The molecule has 1 fully saturated rings. The van der Waals surface area contributed by atoms with Crippen LogP contribution in [0, 0.1) is 15.9 Å². The summed E-state index contributed by atoms with van der Waals surface area (Å²) < 4.78 is 18.5. The summed E-state index contributed by atoms with van der Waals surface area (Å²) in [5.41, 5.74) is -1.04. The number of hydrogen-bond acceptors (Lipinski definition) is 6. The van der Waals surface area contributed by atoms with E-state index < -0.39 is 40.7 Å². The van der Waals surface area contributed by atoms with Crippen molar-refractivity contribution in [1.82, 2.24) is 10.2 Å². The summed E-state index contributed by atoms with van der Waals surface area (Å²) in [5, 5.41) is 16.1. The smallest absolute Gasteiger partial charge is 0.325 e. The molecule has 1 aliphatic rings. The molecule has 1 saturated heterocycles. The van der Waals surface area contributed by atoms with Crippen molar-refractivity contribution in [2.45, 2.75) is 31.7 Å². The van der Waals surface area contributed by atoms with Crippen LogP contribution >= 0.6 is 0 Å². The molecular weight excluding hydrogens is 435 g/mol. The van der Waals surface area contributed by atoms with E-state index in [0.29, 0.717) is 12.0 Å². The number of nitro groups is 1. The molecule has 174 valence electrons. The molecule has 3 rings (SSSR count).